The van der Waals surface area contributed by atoms with Crippen LogP contribution in [0.15, 0.2) is 78.9 Å². The first kappa shape index (κ1) is 39.3. The number of amides is 2. The van der Waals surface area contributed by atoms with E-state index in [2.05, 4.69) is 15.2 Å². The SMILES string of the molecule is CN(C)c1ccc2c(c1)Oc1cc(N(C)C)ccc1C21OC(=O)c2c(CC(=O)NCCCCCCNC(=O)C(F)c3ccc(OP(=O)(O)O)cc3)cccc21. The van der Waals surface area contributed by atoms with Crippen LogP contribution in [0.2, 0.25) is 0 Å². The van der Waals surface area contributed by atoms with Crippen molar-refractivity contribution in [3.63, 3.8) is 0 Å². The Kier molecular flexibility index (Phi) is 11.5. The molecule has 55 heavy (non-hydrogen) atoms. The molecule has 0 aliphatic carbocycles. The summed E-state index contributed by atoms with van der Waals surface area (Å²) in [5, 5.41) is 5.49. The molecule has 0 saturated heterocycles. The summed E-state index contributed by atoms with van der Waals surface area (Å²) in [6.07, 6.45) is 0.821. The van der Waals surface area contributed by atoms with Crippen LogP contribution in [0.4, 0.5) is 15.8 Å². The first-order chi connectivity index (χ1) is 26.2. The highest BCUT2D eigenvalue weighted by Crippen LogP contribution is 2.57. The van der Waals surface area contributed by atoms with Gasteiger partial charge >= 0.3 is 13.8 Å². The van der Waals surface area contributed by atoms with Crippen molar-refractivity contribution in [2.24, 2.45) is 0 Å². The average molecular weight is 775 g/mol. The third kappa shape index (κ3) is 8.46. The summed E-state index contributed by atoms with van der Waals surface area (Å²) < 4.78 is 42.8. The number of carbonyl (C=O) groups excluding carboxylic acids is 3. The molecule has 0 bridgehead atoms. The van der Waals surface area contributed by atoms with Crippen LogP contribution in [0.1, 0.15) is 70.0 Å². The lowest BCUT2D eigenvalue weighted by Crippen LogP contribution is -2.33. The molecule has 2 amide bonds. The highest BCUT2D eigenvalue weighted by atomic mass is 31.2. The van der Waals surface area contributed by atoms with Gasteiger partial charge < -0.3 is 34.4 Å². The fourth-order valence-corrected chi connectivity index (χ4v) is 7.27. The van der Waals surface area contributed by atoms with Crippen LogP contribution < -0.4 is 29.7 Å². The summed E-state index contributed by atoms with van der Waals surface area (Å²) in [4.78, 5) is 60.9. The maximum Gasteiger partial charge on any atom is 0.524 e. The van der Waals surface area contributed by atoms with Gasteiger partial charge in [-0.25, -0.2) is 13.8 Å². The number of ether oxygens (including phenoxy) is 2. The standard InChI is InChI=1S/C40H44FN4O9P/c1-44(2)27-14-18-30-33(23-27)52-34-24-28(45(3)4)15-19-31(34)40(30)32-11-9-10-26(36(32)39(48)53-40)22-35(46)42-20-7-5-6-8-21-43-38(47)37(41)25-12-16-29(17-13-25)54-55(49,50)51/h9-19,23-24,37H,5-8,20-22H2,1-4H3,(H,42,46)(H,43,47)(H2,49,50,51). The molecule has 1 unspecified atom stereocenters. The number of nitrogens with zero attached hydrogens (tertiary/aromatic N) is 2. The number of hydrogen-bond acceptors (Lipinski definition) is 9. The molecule has 2 aliphatic rings. The number of hydrogen-bond donors (Lipinski definition) is 4. The van der Waals surface area contributed by atoms with Gasteiger partial charge in [0.25, 0.3) is 5.91 Å². The number of rotatable bonds is 15. The number of benzene rings is 4. The van der Waals surface area contributed by atoms with Crippen molar-refractivity contribution >= 4 is 37.0 Å². The Balaban J connectivity index is 1.03. The minimum Gasteiger partial charge on any atom is -0.456 e. The van der Waals surface area contributed by atoms with Crippen molar-refractivity contribution in [1.82, 2.24) is 10.6 Å². The molecule has 1 spiro atoms. The highest BCUT2D eigenvalue weighted by Gasteiger charge is 2.54. The molecule has 4 aromatic carbocycles. The van der Waals surface area contributed by atoms with Crippen LogP contribution in [0.5, 0.6) is 17.2 Å². The molecule has 2 heterocycles. The van der Waals surface area contributed by atoms with Crippen LogP contribution >= 0.6 is 7.82 Å². The molecule has 1 atom stereocenters. The van der Waals surface area contributed by atoms with E-state index in [1.807, 2.05) is 86.5 Å². The van der Waals surface area contributed by atoms with Gasteiger partial charge in [0.2, 0.25) is 12.1 Å². The van der Waals surface area contributed by atoms with Gasteiger partial charge in [0.15, 0.2) is 5.60 Å². The van der Waals surface area contributed by atoms with E-state index in [0.717, 1.165) is 24.2 Å². The first-order valence-electron chi connectivity index (χ1n) is 17.9. The van der Waals surface area contributed by atoms with Crippen molar-refractivity contribution in [1.29, 1.82) is 0 Å². The summed E-state index contributed by atoms with van der Waals surface area (Å²) in [5.41, 5.74) is 3.60. The number of fused-ring (bicyclic) bond motifs is 6. The summed E-state index contributed by atoms with van der Waals surface area (Å²) in [6.45, 7) is 0.680. The topological polar surface area (TPSA) is 167 Å². The molecule has 15 heteroatoms. The van der Waals surface area contributed by atoms with Crippen molar-refractivity contribution < 1.29 is 47.1 Å². The van der Waals surface area contributed by atoms with Gasteiger partial charge in [0, 0.05) is 81.5 Å². The summed E-state index contributed by atoms with van der Waals surface area (Å²) in [5.74, 6) is -0.553. The lowest BCUT2D eigenvalue weighted by molar-refractivity contribution is -0.126. The Hall–Kier alpha value is -5.43. The molecule has 0 radical (unpaired) electrons. The predicted molar refractivity (Wildman–Crippen MR) is 205 cm³/mol. The van der Waals surface area contributed by atoms with Gasteiger partial charge in [-0.05, 0) is 60.4 Å². The molecule has 2 aliphatic heterocycles. The van der Waals surface area contributed by atoms with Gasteiger partial charge in [-0.3, -0.25) is 19.4 Å². The summed E-state index contributed by atoms with van der Waals surface area (Å²) in [7, 11) is 3.03. The Morgan fingerprint density at radius 1 is 0.818 bits per heavy atom. The molecule has 0 fully saturated rings. The number of carbonyl (C=O) groups is 3. The van der Waals surface area contributed by atoms with Crippen molar-refractivity contribution in [3.05, 3.63) is 112 Å². The molecule has 0 saturated carbocycles. The number of nitrogens with one attached hydrogen (secondary N) is 2. The molecular weight excluding hydrogens is 730 g/mol. The van der Waals surface area contributed by atoms with Crippen LogP contribution in [-0.4, -0.2) is 68.9 Å². The predicted octanol–water partition coefficient (Wildman–Crippen LogP) is 5.90. The molecule has 0 aromatic heterocycles. The van der Waals surface area contributed by atoms with Gasteiger partial charge in [-0.2, -0.15) is 0 Å². The molecule has 4 N–H and O–H groups in total. The Bertz CT molecular complexity index is 2080. The first-order valence-corrected chi connectivity index (χ1v) is 19.4. The van der Waals surface area contributed by atoms with Crippen molar-refractivity contribution in [2.75, 3.05) is 51.1 Å². The van der Waals surface area contributed by atoms with E-state index >= 15 is 0 Å². The number of esters is 1. The number of alkyl halides is 1. The smallest absolute Gasteiger partial charge is 0.456 e. The average Bonchev–Trinajstić information content (AvgIpc) is 3.44. The fourth-order valence-electron chi connectivity index (χ4n) is 6.87. The number of anilines is 2. The van der Waals surface area contributed by atoms with Gasteiger partial charge in [0.1, 0.15) is 17.2 Å². The number of halogens is 1. The minimum atomic E-state index is -4.74. The van der Waals surface area contributed by atoms with Gasteiger partial charge in [0.05, 0.1) is 12.0 Å². The zero-order chi connectivity index (χ0) is 39.5. The summed E-state index contributed by atoms with van der Waals surface area (Å²) in [6, 6.07) is 21.9. The second-order valence-electron chi connectivity index (χ2n) is 13.9. The Labute approximate surface area is 318 Å². The van der Waals surface area contributed by atoms with Gasteiger partial charge in [-0.1, -0.05) is 43.2 Å². The minimum absolute atomic E-state index is 0.0143. The molecule has 4 aromatic rings. The maximum absolute atomic E-state index is 14.6. The van der Waals surface area contributed by atoms with Crippen molar-refractivity contribution in [2.45, 2.75) is 43.9 Å². The van der Waals surface area contributed by atoms with E-state index in [9.17, 15) is 23.3 Å². The van der Waals surface area contributed by atoms with E-state index in [1.54, 1.807) is 6.07 Å². The summed E-state index contributed by atoms with van der Waals surface area (Å²) >= 11 is 0. The maximum atomic E-state index is 14.6. The van der Waals surface area contributed by atoms with E-state index in [1.165, 1.54) is 24.3 Å². The second kappa shape index (κ2) is 16.1. The fraction of sp³-hybridized carbons (Fsp3) is 0.325. The lowest BCUT2D eigenvalue weighted by atomic mass is 9.76. The third-order valence-electron chi connectivity index (χ3n) is 9.62. The van der Waals surface area contributed by atoms with E-state index in [4.69, 9.17) is 19.3 Å². The Morgan fingerprint density at radius 2 is 1.40 bits per heavy atom. The van der Waals surface area contributed by atoms with E-state index in [-0.39, 0.29) is 30.2 Å². The van der Waals surface area contributed by atoms with Crippen molar-refractivity contribution in [3.8, 4) is 17.2 Å². The zero-order valence-electron chi connectivity index (χ0n) is 31.0. The number of unbranched alkanes of at least 4 members (excludes halogenated alkanes) is 3. The molecule has 6 rings (SSSR count). The monoisotopic (exact) mass is 774 g/mol. The van der Waals surface area contributed by atoms with Crippen LogP contribution in [0.25, 0.3) is 0 Å². The molecular formula is C40H44FN4O9P. The number of phosphoric acid groups is 1. The quantitative estimate of drug-likeness (QED) is 0.0645. The highest BCUT2D eigenvalue weighted by molar-refractivity contribution is 7.46. The van der Waals surface area contributed by atoms with Crippen LogP contribution in [-0.2, 0) is 30.9 Å². The molecule has 13 nitrogen and oxygen atoms in total. The Morgan fingerprint density at radius 3 is 1.96 bits per heavy atom. The normalized spacial score (nSPS) is 14.1. The van der Waals surface area contributed by atoms with E-state index < -0.39 is 31.5 Å². The largest absolute Gasteiger partial charge is 0.524 e. The van der Waals surface area contributed by atoms with E-state index in [0.29, 0.717) is 58.7 Å². The van der Waals surface area contributed by atoms with Crippen LogP contribution in [0, 0.1) is 0 Å². The second-order valence-corrected chi connectivity index (χ2v) is 15.1. The van der Waals surface area contributed by atoms with Crippen LogP contribution in [0.3, 0.4) is 0 Å². The number of phosphoric ester groups is 1. The third-order valence-corrected chi connectivity index (χ3v) is 10.1. The van der Waals surface area contributed by atoms with Gasteiger partial charge in [-0.15, -0.1) is 0 Å². The molecule has 290 valence electrons. The zero-order valence-corrected chi connectivity index (χ0v) is 31.9. The lowest BCUT2D eigenvalue weighted by Gasteiger charge is -2.37.